The third-order valence-electron chi connectivity index (χ3n) is 4.16. The van der Waals surface area contributed by atoms with Gasteiger partial charge in [-0.1, -0.05) is 13.8 Å². The molecule has 2 fully saturated rings. The zero-order chi connectivity index (χ0) is 12.0. The Morgan fingerprint density at radius 2 is 1.94 bits per heavy atom. The van der Waals surface area contributed by atoms with E-state index in [9.17, 15) is 13.9 Å². The molecule has 1 aliphatic carbocycles. The van der Waals surface area contributed by atoms with Crippen LogP contribution in [0.25, 0.3) is 0 Å². The monoisotopic (exact) mass is 233 g/mol. The van der Waals surface area contributed by atoms with Crippen molar-refractivity contribution in [3.05, 3.63) is 0 Å². The van der Waals surface area contributed by atoms with Gasteiger partial charge in [-0.3, -0.25) is 4.90 Å². The second-order valence-electron chi connectivity index (χ2n) is 6.01. The molecule has 16 heavy (non-hydrogen) atoms. The number of hydrogen-bond donors (Lipinski definition) is 1. The number of rotatable bonds is 1. The van der Waals surface area contributed by atoms with Crippen LogP contribution >= 0.6 is 0 Å². The average molecular weight is 233 g/mol. The first-order valence-corrected chi connectivity index (χ1v) is 6.10. The minimum absolute atomic E-state index is 0.0321. The van der Waals surface area contributed by atoms with Crippen molar-refractivity contribution in [3.63, 3.8) is 0 Å². The summed E-state index contributed by atoms with van der Waals surface area (Å²) in [7, 11) is 0. The van der Waals surface area contributed by atoms with Crippen molar-refractivity contribution >= 4 is 0 Å². The summed E-state index contributed by atoms with van der Waals surface area (Å²) in [5, 5.41) is 9.69. The van der Waals surface area contributed by atoms with E-state index in [0.717, 1.165) is 12.8 Å². The van der Waals surface area contributed by atoms with Crippen LogP contribution in [0.1, 0.15) is 39.5 Å². The van der Waals surface area contributed by atoms with Crippen molar-refractivity contribution in [2.75, 3.05) is 13.1 Å². The van der Waals surface area contributed by atoms with Gasteiger partial charge in [0, 0.05) is 19.0 Å². The molecule has 1 saturated carbocycles. The van der Waals surface area contributed by atoms with Crippen LogP contribution in [0.15, 0.2) is 0 Å². The normalized spacial score (nSPS) is 38.8. The Morgan fingerprint density at radius 1 is 1.25 bits per heavy atom. The first kappa shape index (κ1) is 12.2. The van der Waals surface area contributed by atoms with E-state index in [-0.39, 0.29) is 30.5 Å². The lowest BCUT2D eigenvalue weighted by atomic mass is 9.71. The lowest BCUT2D eigenvalue weighted by molar-refractivity contribution is -0.0307. The highest BCUT2D eigenvalue weighted by atomic mass is 19.3. The maximum absolute atomic E-state index is 13.2. The topological polar surface area (TPSA) is 23.5 Å². The molecular formula is C12H21F2NO. The summed E-state index contributed by atoms with van der Waals surface area (Å²) in [4.78, 5) is 1.88. The van der Waals surface area contributed by atoms with Gasteiger partial charge in [0.15, 0.2) is 0 Å². The molecule has 2 atom stereocenters. The first-order valence-electron chi connectivity index (χ1n) is 6.10. The highest BCUT2D eigenvalue weighted by molar-refractivity contribution is 4.96. The van der Waals surface area contributed by atoms with Gasteiger partial charge >= 0.3 is 0 Å². The third-order valence-corrected chi connectivity index (χ3v) is 4.16. The Labute approximate surface area is 95.6 Å². The summed E-state index contributed by atoms with van der Waals surface area (Å²) in [5.41, 5.74) is 0.0413. The predicted molar refractivity (Wildman–Crippen MR) is 58.6 cm³/mol. The molecule has 0 aromatic heterocycles. The lowest BCUT2D eigenvalue weighted by Gasteiger charge is -2.45. The van der Waals surface area contributed by atoms with E-state index < -0.39 is 5.92 Å². The first-order chi connectivity index (χ1) is 7.30. The van der Waals surface area contributed by atoms with Crippen LogP contribution < -0.4 is 0 Å². The van der Waals surface area contributed by atoms with Crippen LogP contribution in [0.3, 0.4) is 0 Å². The molecule has 0 bridgehead atoms. The Hall–Kier alpha value is -0.220. The van der Waals surface area contributed by atoms with E-state index >= 15 is 0 Å². The Bertz CT molecular complexity index is 268. The fourth-order valence-electron chi connectivity index (χ4n) is 3.07. The fraction of sp³-hybridized carbons (Fsp3) is 1.00. The van der Waals surface area contributed by atoms with Gasteiger partial charge in [-0.25, -0.2) is 8.78 Å². The van der Waals surface area contributed by atoms with Gasteiger partial charge in [0.1, 0.15) is 0 Å². The van der Waals surface area contributed by atoms with Gasteiger partial charge in [0.2, 0.25) is 0 Å². The number of halogens is 2. The van der Waals surface area contributed by atoms with Crippen LogP contribution in [0.4, 0.5) is 8.78 Å². The second-order valence-corrected chi connectivity index (χ2v) is 6.01. The number of alkyl halides is 2. The van der Waals surface area contributed by atoms with Gasteiger partial charge < -0.3 is 5.11 Å². The van der Waals surface area contributed by atoms with Gasteiger partial charge in [-0.2, -0.15) is 0 Å². The van der Waals surface area contributed by atoms with E-state index in [2.05, 4.69) is 13.8 Å². The quantitative estimate of drug-likeness (QED) is 0.751. The number of likely N-dealkylation sites (tertiary alicyclic amines) is 1. The lowest BCUT2D eigenvalue weighted by Crippen LogP contribution is -2.49. The molecule has 1 heterocycles. The summed E-state index contributed by atoms with van der Waals surface area (Å²) in [6.07, 6.45) is 2.01. The molecule has 0 aromatic carbocycles. The highest BCUT2D eigenvalue weighted by Gasteiger charge is 2.46. The van der Waals surface area contributed by atoms with Gasteiger partial charge in [-0.15, -0.1) is 0 Å². The van der Waals surface area contributed by atoms with Crippen LogP contribution in [-0.4, -0.2) is 41.2 Å². The predicted octanol–water partition coefficient (Wildman–Crippen LogP) is 2.27. The maximum atomic E-state index is 13.2. The van der Waals surface area contributed by atoms with E-state index in [0.29, 0.717) is 13.0 Å². The summed E-state index contributed by atoms with van der Waals surface area (Å²) < 4.78 is 26.4. The smallest absolute Gasteiger partial charge is 0.261 e. The van der Waals surface area contributed by atoms with E-state index in [4.69, 9.17) is 0 Å². The van der Waals surface area contributed by atoms with Gasteiger partial charge in [0.05, 0.1) is 12.6 Å². The SMILES string of the molecule is CC1(C)CCC(O)CC1N1CCC(F)(F)C1. The molecule has 4 heteroatoms. The average Bonchev–Trinajstić information content (AvgIpc) is 2.50. The number of aliphatic hydroxyl groups is 1. The molecular weight excluding hydrogens is 212 g/mol. The van der Waals surface area contributed by atoms with Gasteiger partial charge in [-0.05, 0) is 24.7 Å². The molecule has 1 N–H and O–H groups in total. The summed E-state index contributed by atoms with van der Waals surface area (Å²) in [6, 6.07) is 0.102. The maximum Gasteiger partial charge on any atom is 0.261 e. The molecule has 0 radical (unpaired) electrons. The Balaban J connectivity index is 2.07. The largest absolute Gasteiger partial charge is 0.393 e. The van der Waals surface area contributed by atoms with Crippen LogP contribution in [0, 0.1) is 5.41 Å². The van der Waals surface area contributed by atoms with Crippen molar-refractivity contribution in [1.82, 2.24) is 4.90 Å². The Kier molecular flexibility index (Phi) is 2.99. The molecule has 0 aromatic rings. The summed E-state index contributed by atoms with van der Waals surface area (Å²) in [6.45, 7) is 4.58. The van der Waals surface area contributed by atoms with E-state index in [1.807, 2.05) is 4.90 Å². The number of aliphatic hydroxyl groups excluding tert-OH is 1. The molecule has 94 valence electrons. The molecule has 0 spiro atoms. The van der Waals surface area contributed by atoms with Crippen LogP contribution in [0.2, 0.25) is 0 Å². The van der Waals surface area contributed by atoms with E-state index in [1.54, 1.807) is 0 Å². The minimum Gasteiger partial charge on any atom is -0.393 e. The molecule has 2 aliphatic rings. The second kappa shape index (κ2) is 3.91. The van der Waals surface area contributed by atoms with E-state index in [1.165, 1.54) is 0 Å². The number of nitrogens with zero attached hydrogens (tertiary/aromatic N) is 1. The van der Waals surface area contributed by atoms with Crippen molar-refractivity contribution < 1.29 is 13.9 Å². The summed E-state index contributed by atoms with van der Waals surface area (Å²) in [5.74, 6) is -2.53. The fourth-order valence-corrected chi connectivity index (χ4v) is 3.07. The minimum atomic E-state index is -2.53. The van der Waals surface area contributed by atoms with Gasteiger partial charge in [0.25, 0.3) is 5.92 Å². The van der Waals surface area contributed by atoms with Crippen LogP contribution in [0.5, 0.6) is 0 Å². The molecule has 0 amide bonds. The zero-order valence-electron chi connectivity index (χ0n) is 10.0. The van der Waals surface area contributed by atoms with Crippen molar-refractivity contribution in [2.45, 2.75) is 57.6 Å². The molecule has 2 unspecified atom stereocenters. The standard InChI is InChI=1S/C12H21F2NO/c1-11(2)4-3-9(16)7-10(11)15-6-5-12(13,14)8-15/h9-10,16H,3-8H2,1-2H3. The zero-order valence-corrected chi connectivity index (χ0v) is 10.0. The molecule has 1 aliphatic heterocycles. The molecule has 1 saturated heterocycles. The van der Waals surface area contributed by atoms with Crippen LogP contribution in [-0.2, 0) is 0 Å². The number of hydrogen-bond acceptors (Lipinski definition) is 2. The van der Waals surface area contributed by atoms with Crippen molar-refractivity contribution in [2.24, 2.45) is 5.41 Å². The molecule has 2 nitrogen and oxygen atoms in total. The summed E-state index contributed by atoms with van der Waals surface area (Å²) >= 11 is 0. The Morgan fingerprint density at radius 3 is 2.50 bits per heavy atom. The third kappa shape index (κ3) is 2.38. The van der Waals surface area contributed by atoms with Crippen molar-refractivity contribution in [3.8, 4) is 0 Å². The highest BCUT2D eigenvalue weighted by Crippen LogP contribution is 2.41. The molecule has 2 rings (SSSR count). The van der Waals surface area contributed by atoms with Crippen molar-refractivity contribution in [1.29, 1.82) is 0 Å².